The molecule has 4 rings (SSSR count). The predicted molar refractivity (Wildman–Crippen MR) is 114 cm³/mol. The van der Waals surface area contributed by atoms with Gasteiger partial charge in [-0.15, -0.1) is 11.3 Å². The number of rotatable bonds is 5. The summed E-state index contributed by atoms with van der Waals surface area (Å²) in [4.78, 5) is 32.0. The van der Waals surface area contributed by atoms with Crippen LogP contribution in [0.25, 0.3) is 10.9 Å². The molecule has 0 saturated carbocycles. The van der Waals surface area contributed by atoms with Crippen molar-refractivity contribution in [2.75, 3.05) is 11.9 Å². The number of aromatic nitrogens is 1. The molecule has 1 amide bonds. The summed E-state index contributed by atoms with van der Waals surface area (Å²) in [6.07, 6.45) is 1.72. The number of carbonyl (C=O) groups excluding carboxylic acids is 2. The standard InChI is InChI=1S/C23H18N2O3S/c1-25(22(26)20-12-6-14-29-20)19-11-3-2-10-18(19)23(27)28-15-17-8-4-7-16-9-5-13-24-21(16)17/h2-14H,15H2,1H3. The third-order valence-electron chi connectivity index (χ3n) is 4.60. The number of ether oxygens (including phenoxy) is 1. The SMILES string of the molecule is CN(C(=O)c1cccs1)c1ccccc1C(=O)OCc1cccc2cccnc12. The van der Waals surface area contributed by atoms with Gasteiger partial charge in [0.25, 0.3) is 5.91 Å². The Balaban J connectivity index is 1.56. The van der Waals surface area contributed by atoms with Crippen LogP contribution in [0.2, 0.25) is 0 Å². The van der Waals surface area contributed by atoms with Crippen LogP contribution >= 0.6 is 11.3 Å². The van der Waals surface area contributed by atoms with Crippen molar-refractivity contribution < 1.29 is 14.3 Å². The zero-order valence-electron chi connectivity index (χ0n) is 15.7. The number of thiophene rings is 1. The Morgan fingerprint density at radius 1 is 1.00 bits per heavy atom. The van der Waals surface area contributed by atoms with Gasteiger partial charge in [-0.3, -0.25) is 9.78 Å². The fourth-order valence-corrected chi connectivity index (χ4v) is 3.82. The predicted octanol–water partition coefficient (Wildman–Crippen LogP) is 4.93. The van der Waals surface area contributed by atoms with E-state index in [0.29, 0.717) is 16.1 Å². The molecule has 6 heteroatoms. The smallest absolute Gasteiger partial charge is 0.340 e. The highest BCUT2D eigenvalue weighted by molar-refractivity contribution is 7.12. The van der Waals surface area contributed by atoms with Crippen molar-refractivity contribution in [3.8, 4) is 0 Å². The van der Waals surface area contributed by atoms with Gasteiger partial charge in [0, 0.05) is 24.2 Å². The Kier molecular flexibility index (Phi) is 5.35. The van der Waals surface area contributed by atoms with Gasteiger partial charge in [-0.25, -0.2) is 4.79 Å². The van der Waals surface area contributed by atoms with Crippen LogP contribution in [0.1, 0.15) is 25.6 Å². The van der Waals surface area contributed by atoms with Gasteiger partial charge in [0.15, 0.2) is 0 Å². The maximum Gasteiger partial charge on any atom is 0.340 e. The molecule has 0 fully saturated rings. The third kappa shape index (κ3) is 3.88. The zero-order chi connectivity index (χ0) is 20.2. The number of amides is 1. The van der Waals surface area contributed by atoms with E-state index < -0.39 is 5.97 Å². The van der Waals surface area contributed by atoms with Gasteiger partial charge in [-0.1, -0.05) is 42.5 Å². The Morgan fingerprint density at radius 3 is 2.66 bits per heavy atom. The summed E-state index contributed by atoms with van der Waals surface area (Å²) in [5, 5.41) is 2.84. The highest BCUT2D eigenvalue weighted by atomic mass is 32.1. The van der Waals surface area contributed by atoms with Crippen LogP contribution in [0.3, 0.4) is 0 Å². The molecule has 0 N–H and O–H groups in total. The Hall–Kier alpha value is -3.51. The minimum absolute atomic E-state index is 0.101. The van der Waals surface area contributed by atoms with Gasteiger partial charge in [0.1, 0.15) is 6.61 Å². The second kappa shape index (κ2) is 8.24. The average molecular weight is 402 g/mol. The van der Waals surface area contributed by atoms with E-state index in [1.54, 1.807) is 43.6 Å². The average Bonchev–Trinajstić information content (AvgIpc) is 3.31. The molecule has 0 saturated heterocycles. The lowest BCUT2D eigenvalue weighted by molar-refractivity contribution is 0.0475. The van der Waals surface area contributed by atoms with E-state index >= 15 is 0 Å². The number of para-hydroxylation sites is 2. The molecule has 0 aliphatic rings. The molecular formula is C23H18N2O3S. The molecule has 0 atom stereocenters. The van der Waals surface area contributed by atoms with E-state index in [2.05, 4.69) is 4.98 Å². The van der Waals surface area contributed by atoms with Crippen molar-refractivity contribution in [2.45, 2.75) is 6.61 Å². The topological polar surface area (TPSA) is 59.5 Å². The number of fused-ring (bicyclic) bond motifs is 1. The summed E-state index contributed by atoms with van der Waals surface area (Å²) in [6, 6.07) is 20.1. The van der Waals surface area contributed by atoms with Gasteiger partial charge in [0.05, 0.1) is 21.6 Å². The molecule has 0 aliphatic carbocycles. The van der Waals surface area contributed by atoms with E-state index in [0.717, 1.165) is 16.5 Å². The lowest BCUT2D eigenvalue weighted by atomic mass is 10.1. The third-order valence-corrected chi connectivity index (χ3v) is 5.45. The van der Waals surface area contributed by atoms with Crippen molar-refractivity contribution in [3.05, 3.63) is 94.3 Å². The number of esters is 1. The Morgan fingerprint density at radius 2 is 1.83 bits per heavy atom. The van der Waals surface area contributed by atoms with E-state index in [-0.39, 0.29) is 12.5 Å². The minimum Gasteiger partial charge on any atom is -0.457 e. The van der Waals surface area contributed by atoms with Gasteiger partial charge < -0.3 is 9.64 Å². The normalized spacial score (nSPS) is 10.7. The van der Waals surface area contributed by atoms with Gasteiger partial charge in [-0.05, 0) is 29.6 Å². The van der Waals surface area contributed by atoms with Crippen molar-refractivity contribution >= 4 is 39.8 Å². The minimum atomic E-state index is -0.487. The number of hydrogen-bond donors (Lipinski definition) is 0. The first-order valence-electron chi connectivity index (χ1n) is 9.05. The van der Waals surface area contributed by atoms with Crippen LogP contribution in [0.4, 0.5) is 5.69 Å². The monoisotopic (exact) mass is 402 g/mol. The summed E-state index contributed by atoms with van der Waals surface area (Å²) in [5.41, 5.74) is 2.48. The molecule has 2 aromatic carbocycles. The molecule has 0 radical (unpaired) electrons. The summed E-state index contributed by atoms with van der Waals surface area (Å²) in [5.74, 6) is -0.655. The van der Waals surface area contributed by atoms with Crippen LogP contribution in [0.5, 0.6) is 0 Å². The molecule has 0 unspecified atom stereocenters. The van der Waals surface area contributed by atoms with Gasteiger partial charge in [0.2, 0.25) is 0 Å². The molecule has 2 aromatic heterocycles. The maximum atomic E-state index is 12.8. The van der Waals surface area contributed by atoms with Crippen LogP contribution in [0.15, 0.2) is 78.3 Å². The van der Waals surface area contributed by atoms with Crippen LogP contribution < -0.4 is 4.90 Å². The summed E-state index contributed by atoms with van der Waals surface area (Å²) >= 11 is 1.36. The van der Waals surface area contributed by atoms with E-state index in [1.807, 2.05) is 41.8 Å². The molecule has 0 spiro atoms. The molecule has 0 aliphatic heterocycles. The first-order valence-corrected chi connectivity index (χ1v) is 9.93. The summed E-state index contributed by atoms with van der Waals surface area (Å²) in [7, 11) is 1.66. The van der Waals surface area contributed by atoms with Crippen LogP contribution in [0, 0.1) is 0 Å². The molecular weight excluding hydrogens is 384 g/mol. The Labute approximate surface area is 172 Å². The summed E-state index contributed by atoms with van der Waals surface area (Å²) in [6.45, 7) is 0.101. The molecule has 144 valence electrons. The number of nitrogens with zero attached hydrogens (tertiary/aromatic N) is 2. The molecule has 0 bridgehead atoms. The first kappa shape index (κ1) is 18.8. The second-order valence-corrected chi connectivity index (χ2v) is 7.37. The van der Waals surface area contributed by atoms with Crippen molar-refractivity contribution in [1.29, 1.82) is 0 Å². The van der Waals surface area contributed by atoms with E-state index in [9.17, 15) is 9.59 Å². The molecule has 4 aromatic rings. The quantitative estimate of drug-likeness (QED) is 0.444. The maximum absolute atomic E-state index is 12.8. The highest BCUT2D eigenvalue weighted by Crippen LogP contribution is 2.24. The molecule has 5 nitrogen and oxygen atoms in total. The fraction of sp³-hybridized carbons (Fsp3) is 0.0870. The van der Waals surface area contributed by atoms with Gasteiger partial charge in [-0.2, -0.15) is 0 Å². The highest BCUT2D eigenvalue weighted by Gasteiger charge is 2.21. The summed E-state index contributed by atoms with van der Waals surface area (Å²) < 4.78 is 5.57. The number of pyridine rings is 1. The van der Waals surface area contributed by atoms with Crippen molar-refractivity contribution in [2.24, 2.45) is 0 Å². The number of hydrogen-bond acceptors (Lipinski definition) is 5. The number of carbonyl (C=O) groups is 2. The number of anilines is 1. The molecule has 2 heterocycles. The lowest BCUT2D eigenvalue weighted by Gasteiger charge is -2.19. The number of benzene rings is 2. The fourth-order valence-electron chi connectivity index (χ4n) is 3.12. The lowest BCUT2D eigenvalue weighted by Crippen LogP contribution is -2.27. The Bertz CT molecular complexity index is 1170. The van der Waals surface area contributed by atoms with Crippen LogP contribution in [-0.4, -0.2) is 23.9 Å². The van der Waals surface area contributed by atoms with E-state index in [1.165, 1.54) is 16.2 Å². The van der Waals surface area contributed by atoms with Crippen molar-refractivity contribution in [3.63, 3.8) is 0 Å². The second-order valence-electron chi connectivity index (χ2n) is 6.43. The zero-order valence-corrected chi connectivity index (χ0v) is 16.6. The first-order chi connectivity index (χ1) is 14.1. The van der Waals surface area contributed by atoms with Crippen LogP contribution in [-0.2, 0) is 11.3 Å². The van der Waals surface area contributed by atoms with Crippen molar-refractivity contribution in [1.82, 2.24) is 4.98 Å². The largest absolute Gasteiger partial charge is 0.457 e. The van der Waals surface area contributed by atoms with E-state index in [4.69, 9.17) is 4.74 Å². The van der Waals surface area contributed by atoms with Gasteiger partial charge >= 0.3 is 5.97 Å². The molecule has 29 heavy (non-hydrogen) atoms.